The van der Waals surface area contributed by atoms with E-state index in [1.807, 2.05) is 19.9 Å². The number of nitrogens with zero attached hydrogens (tertiary/aromatic N) is 2. The van der Waals surface area contributed by atoms with Gasteiger partial charge < -0.3 is 29.7 Å². The van der Waals surface area contributed by atoms with Gasteiger partial charge in [0.1, 0.15) is 23.7 Å². The Morgan fingerprint density at radius 2 is 1.88 bits per heavy atom. The second-order valence-electron chi connectivity index (χ2n) is 15.9. The molecule has 318 valence electrons. The van der Waals surface area contributed by atoms with E-state index in [1.54, 1.807) is 37.3 Å². The van der Waals surface area contributed by atoms with E-state index in [9.17, 15) is 40.8 Å². The van der Waals surface area contributed by atoms with Crippen molar-refractivity contribution in [2.45, 2.75) is 120 Å². The third-order valence-electron chi connectivity index (χ3n) is 11.1. The largest absolute Gasteiger partial charge is 0.478 e. The van der Waals surface area contributed by atoms with Crippen LogP contribution in [0.5, 0.6) is 11.8 Å². The van der Waals surface area contributed by atoms with Crippen LogP contribution in [-0.2, 0) is 29.1 Å². The quantitative estimate of drug-likeness (QED) is 0.256. The summed E-state index contributed by atoms with van der Waals surface area (Å²) in [6.07, 6.45) is -3.12. The minimum Gasteiger partial charge on any atom is -0.478 e. The molecule has 0 spiro atoms. The summed E-state index contributed by atoms with van der Waals surface area (Å²) in [4.78, 5) is 61.7. The fraction of sp³-hybridized carbons (Fsp3) is 0.615. The van der Waals surface area contributed by atoms with Crippen molar-refractivity contribution in [1.82, 2.24) is 25.2 Å². The number of nitrogens with one attached hydrogen (secondary N) is 3. The molecule has 2 aliphatic heterocycles. The van der Waals surface area contributed by atoms with Gasteiger partial charge in [-0.15, -0.1) is 0 Å². The minimum atomic E-state index is -4.86. The number of rotatable bonds is 10. The van der Waals surface area contributed by atoms with Crippen LogP contribution < -0.4 is 24.8 Å². The van der Waals surface area contributed by atoms with Crippen molar-refractivity contribution in [3.63, 3.8) is 0 Å². The summed E-state index contributed by atoms with van der Waals surface area (Å²) >= 11 is 6.54. The van der Waals surface area contributed by atoms with Crippen molar-refractivity contribution in [1.29, 1.82) is 0 Å². The lowest BCUT2D eigenvalue weighted by Gasteiger charge is -2.33. The van der Waals surface area contributed by atoms with Crippen molar-refractivity contribution in [3.8, 4) is 11.8 Å². The van der Waals surface area contributed by atoms with Crippen molar-refractivity contribution >= 4 is 56.2 Å². The first-order valence-electron chi connectivity index (χ1n) is 19.6. The van der Waals surface area contributed by atoms with Crippen LogP contribution in [0.3, 0.4) is 0 Å². The number of ether oxygens (including phenoxy) is 3. The zero-order chi connectivity index (χ0) is 42.2. The van der Waals surface area contributed by atoms with Gasteiger partial charge in [-0.2, -0.15) is 18.2 Å². The van der Waals surface area contributed by atoms with Crippen LogP contribution in [0, 0.1) is 17.8 Å². The van der Waals surface area contributed by atoms with E-state index in [0.717, 1.165) is 0 Å². The first kappa shape index (κ1) is 43.3. The Hall–Kier alpha value is -4.32. The van der Waals surface area contributed by atoms with Crippen LogP contribution in [0.2, 0.25) is 5.02 Å². The van der Waals surface area contributed by atoms with E-state index < -0.39 is 86.9 Å². The van der Waals surface area contributed by atoms with Gasteiger partial charge in [-0.05, 0) is 75.8 Å². The lowest BCUT2D eigenvalue weighted by molar-refractivity contribution is -0.197. The third kappa shape index (κ3) is 9.75. The van der Waals surface area contributed by atoms with Crippen molar-refractivity contribution in [2.24, 2.45) is 17.8 Å². The molecule has 0 bridgehead atoms. The maximum absolute atomic E-state index is 14.7. The molecule has 19 heteroatoms. The summed E-state index contributed by atoms with van der Waals surface area (Å²) in [5, 5.41) is 5.91. The third-order valence-corrected chi connectivity index (χ3v) is 13.3. The summed E-state index contributed by atoms with van der Waals surface area (Å²) in [6.45, 7) is 6.30. The molecule has 58 heavy (non-hydrogen) atoms. The molecule has 2 saturated carbocycles. The summed E-state index contributed by atoms with van der Waals surface area (Å²) in [7, 11) is -3.99. The molecule has 14 nitrogen and oxygen atoms in total. The Labute approximate surface area is 340 Å². The van der Waals surface area contributed by atoms with E-state index >= 15 is 0 Å². The second kappa shape index (κ2) is 17.1. The maximum Gasteiger partial charge on any atom is 0.425 e. The summed E-state index contributed by atoms with van der Waals surface area (Å²) in [6, 6.07) is 4.00. The number of allylic oxidation sites excluding steroid dienone is 1. The van der Waals surface area contributed by atoms with Crippen LogP contribution in [0.15, 0.2) is 36.4 Å². The number of amides is 4. The number of carbonyl (C=O) groups is 4. The number of carbonyl (C=O) groups excluding carboxylic acids is 4. The van der Waals surface area contributed by atoms with E-state index in [4.69, 9.17) is 21.1 Å². The second-order valence-corrected chi connectivity index (χ2v) is 18.3. The molecule has 4 amide bonds. The predicted molar refractivity (Wildman–Crippen MR) is 206 cm³/mol. The lowest BCUT2D eigenvalue weighted by atomic mass is 9.88. The molecule has 3 N–H and O–H groups in total. The van der Waals surface area contributed by atoms with Crippen LogP contribution in [-0.4, -0.2) is 96.5 Å². The summed E-state index contributed by atoms with van der Waals surface area (Å²) < 4.78 is 84.9. The zero-order valence-electron chi connectivity index (χ0n) is 32.6. The predicted octanol–water partition coefficient (Wildman–Crippen LogP) is 5.57. The Morgan fingerprint density at radius 1 is 1.14 bits per heavy atom. The molecule has 0 unspecified atom stereocenters. The Bertz CT molecular complexity index is 2050. The van der Waals surface area contributed by atoms with Crippen LogP contribution >= 0.6 is 11.6 Å². The Balaban J connectivity index is 1.36. The first-order valence-corrected chi connectivity index (χ1v) is 21.5. The van der Waals surface area contributed by atoms with Gasteiger partial charge in [0.05, 0.1) is 18.4 Å². The molecule has 2 aromatic rings. The molecule has 4 aliphatic rings. The van der Waals surface area contributed by atoms with Gasteiger partial charge >= 0.3 is 12.3 Å². The summed E-state index contributed by atoms with van der Waals surface area (Å²) in [5.41, 5.74) is -1.64. The van der Waals surface area contributed by atoms with Gasteiger partial charge in [0.25, 0.3) is 5.91 Å². The van der Waals surface area contributed by atoms with Crippen molar-refractivity contribution < 1.29 is 55.0 Å². The van der Waals surface area contributed by atoms with Gasteiger partial charge in [0.2, 0.25) is 33.6 Å². The molecule has 1 saturated heterocycles. The average molecular weight is 856 g/mol. The highest BCUT2D eigenvalue weighted by atomic mass is 35.5. The molecule has 8 atom stereocenters. The molecular formula is C39H49ClF3N5O9S. The molecule has 2 aliphatic carbocycles. The topological polar surface area (TPSA) is 182 Å². The van der Waals surface area contributed by atoms with Crippen LogP contribution in [0.25, 0.3) is 10.8 Å². The van der Waals surface area contributed by atoms with Crippen molar-refractivity contribution in [2.75, 3.05) is 13.2 Å². The van der Waals surface area contributed by atoms with Crippen molar-refractivity contribution in [3.05, 3.63) is 41.4 Å². The number of fused-ring (bicyclic) bond motifs is 3. The normalized spacial score (nSPS) is 29.1. The van der Waals surface area contributed by atoms with Crippen LogP contribution in [0.4, 0.5) is 18.0 Å². The van der Waals surface area contributed by atoms with Gasteiger partial charge in [-0.25, -0.2) is 13.2 Å². The van der Waals surface area contributed by atoms with Gasteiger partial charge in [0, 0.05) is 34.2 Å². The van der Waals surface area contributed by atoms with Gasteiger partial charge in [-0.3, -0.25) is 19.1 Å². The summed E-state index contributed by atoms with van der Waals surface area (Å²) in [5.74, 6) is -3.39. The number of aromatic nitrogens is 1. The lowest BCUT2D eigenvalue weighted by Crippen LogP contribution is -2.59. The highest BCUT2D eigenvalue weighted by Crippen LogP contribution is 2.46. The van der Waals surface area contributed by atoms with E-state index in [2.05, 4.69) is 25.1 Å². The molecule has 3 heterocycles. The smallest absolute Gasteiger partial charge is 0.425 e. The number of alkyl halides is 3. The maximum atomic E-state index is 14.7. The van der Waals surface area contributed by atoms with E-state index in [-0.39, 0.29) is 37.1 Å². The fourth-order valence-electron chi connectivity index (χ4n) is 7.60. The van der Waals surface area contributed by atoms with Crippen LogP contribution in [0.1, 0.15) is 79.1 Å². The van der Waals surface area contributed by atoms with E-state index in [0.29, 0.717) is 67.9 Å². The molecular weight excluding hydrogens is 807 g/mol. The standard InChI is InChI=1S/C39H49ClF3N5O9S/c1-5-15-55-31-18-28-27(11-8-12-29(28)40)34(44-31)57-25-17-30-33(49)46-38(36(51)47-58(53,54)26-13-14-26)19-24(38)10-7-6-9-21(2)16-22(3)32(35(50)48(30)20-25)45-37(52)56-23(4)39(41,42)43/h7-8,10-12,18,21-26,30,32H,5-6,9,13-17,19-20H2,1-4H3,(H,45,52)(H,46,49)(H,47,51)/b10-7-/t21-,22+,23+,24+,25+,30-,32-,38+/m0/s1. The number of alkyl carbamates (subject to hydrolysis) is 1. The number of pyridine rings is 1. The highest BCUT2D eigenvalue weighted by molar-refractivity contribution is 7.91. The first-order chi connectivity index (χ1) is 27.3. The van der Waals surface area contributed by atoms with Gasteiger partial charge in [0.15, 0.2) is 6.10 Å². The number of benzene rings is 1. The Morgan fingerprint density at radius 3 is 2.57 bits per heavy atom. The highest BCUT2D eigenvalue weighted by Gasteiger charge is 2.62. The fourth-order valence-corrected chi connectivity index (χ4v) is 9.19. The zero-order valence-corrected chi connectivity index (χ0v) is 34.2. The van der Waals surface area contributed by atoms with E-state index in [1.165, 1.54) is 4.90 Å². The Kier molecular flexibility index (Phi) is 12.8. The average Bonchev–Trinajstić information content (AvgIpc) is 4.08. The number of hydrogen-bond acceptors (Lipinski definition) is 10. The number of hydrogen-bond donors (Lipinski definition) is 3. The SMILES string of the molecule is CCCOc1cc2c(Cl)cccc2c(O[C@@H]2C[C@H]3C(=O)N[C@]4(C(=O)NS(=O)(=O)C5CC5)C[C@H]4/C=C\CC[C@H](C)C[C@@H](C)[C@H](NC(=O)O[C@H](C)C(F)(F)F)C(=O)N3C2)n1. The molecule has 1 aromatic heterocycles. The number of halogens is 4. The monoisotopic (exact) mass is 855 g/mol. The minimum absolute atomic E-state index is 0.0402. The number of sulfonamides is 1. The molecule has 6 rings (SSSR count). The molecule has 0 radical (unpaired) electrons. The molecule has 3 fully saturated rings. The van der Waals surface area contributed by atoms with Gasteiger partial charge in [-0.1, -0.05) is 50.6 Å². The molecule has 1 aromatic carbocycles.